The summed E-state index contributed by atoms with van der Waals surface area (Å²) in [5, 5.41) is 24.3. The van der Waals surface area contributed by atoms with Gasteiger partial charge in [0.05, 0.1) is 12.1 Å². The molecule has 2 aliphatic heterocycles. The zero-order valence-corrected chi connectivity index (χ0v) is 42.5. The summed E-state index contributed by atoms with van der Waals surface area (Å²) in [6.07, 6.45) is -1.53. The van der Waals surface area contributed by atoms with Gasteiger partial charge in [0.2, 0.25) is 10.8 Å². The number of aromatic nitrogens is 5. The number of nitrogens with one attached hydrogen (secondary N) is 2. The van der Waals surface area contributed by atoms with Crippen LogP contribution < -0.4 is 10.6 Å². The maximum absolute atomic E-state index is 15.0. The molecule has 7 aromatic rings. The fraction of sp³-hybridized carbons (Fsp3) is 0.212. The lowest BCUT2D eigenvalue weighted by Crippen LogP contribution is -2.71. The molecule has 0 spiro atoms. The van der Waals surface area contributed by atoms with Gasteiger partial charge in [0.15, 0.2) is 16.9 Å². The first kappa shape index (κ1) is 49.7. The summed E-state index contributed by atoms with van der Waals surface area (Å²) in [6, 6.07) is 46.2. The van der Waals surface area contributed by atoms with Crippen LogP contribution in [0, 0.1) is 0 Å². The average Bonchev–Trinajstić information content (AvgIpc) is 4.04. The predicted octanol–water partition coefficient (Wildman–Crippen LogP) is 9.15. The van der Waals surface area contributed by atoms with Crippen molar-refractivity contribution < 1.29 is 33.5 Å². The monoisotopic (exact) mass is 1040 g/mol. The van der Waals surface area contributed by atoms with Crippen molar-refractivity contribution in [3.8, 4) is 0 Å². The topological polar surface area (TPSA) is 192 Å². The zero-order valence-electron chi connectivity index (χ0n) is 39.3. The van der Waals surface area contributed by atoms with E-state index in [2.05, 4.69) is 36.2 Å². The average molecular weight is 1040 g/mol. The summed E-state index contributed by atoms with van der Waals surface area (Å²) < 4.78 is 11.8. The highest BCUT2D eigenvalue weighted by Crippen LogP contribution is 2.46. The number of tetrazole rings is 1. The van der Waals surface area contributed by atoms with E-state index in [0.717, 1.165) is 22.5 Å². The molecule has 5 aromatic carbocycles. The van der Waals surface area contributed by atoms with E-state index in [4.69, 9.17) is 14.3 Å². The molecule has 3 amide bonds. The van der Waals surface area contributed by atoms with E-state index in [1.165, 1.54) is 45.0 Å². The number of benzene rings is 5. The van der Waals surface area contributed by atoms with Crippen molar-refractivity contribution in [2.45, 2.75) is 54.6 Å². The van der Waals surface area contributed by atoms with Gasteiger partial charge in [0.1, 0.15) is 28.4 Å². The maximum atomic E-state index is 15.0. The number of aryl methyl sites for hydroxylation is 1. The van der Waals surface area contributed by atoms with Gasteiger partial charge >= 0.3 is 12.1 Å². The Balaban J connectivity index is 1.05. The molecule has 16 nitrogen and oxygen atoms in total. The fourth-order valence-electron chi connectivity index (χ4n) is 7.95. The van der Waals surface area contributed by atoms with Crippen molar-refractivity contribution in [1.29, 1.82) is 0 Å². The Kier molecular flexibility index (Phi) is 15.2. The molecule has 2 aliphatic rings. The molecule has 366 valence electrons. The molecule has 2 aromatic heterocycles. The van der Waals surface area contributed by atoms with Gasteiger partial charge in [0, 0.05) is 32.7 Å². The van der Waals surface area contributed by atoms with Crippen molar-refractivity contribution in [1.82, 2.24) is 35.4 Å². The zero-order chi connectivity index (χ0) is 50.2. The predicted molar refractivity (Wildman–Crippen MR) is 279 cm³/mol. The van der Waals surface area contributed by atoms with Crippen LogP contribution in [-0.4, -0.2) is 87.5 Å². The number of hydrogen-bond acceptors (Lipinski definition) is 16. The number of carbonyl (C=O) groups is 4. The minimum Gasteiger partial charge on any atom is -0.448 e. The van der Waals surface area contributed by atoms with E-state index in [0.29, 0.717) is 37.6 Å². The summed E-state index contributed by atoms with van der Waals surface area (Å²) in [4.78, 5) is 71.9. The molecule has 0 saturated carbocycles. The number of β-lactam (4-membered cyclic amide) rings is 1. The highest BCUT2D eigenvalue weighted by molar-refractivity contribution is 8.18. The Bertz CT molecular complexity index is 2960. The minimum atomic E-state index is -1.39. The van der Waals surface area contributed by atoms with E-state index in [9.17, 15) is 19.2 Å². The normalized spacial score (nSPS) is 15.9. The lowest BCUT2D eigenvalue weighted by Gasteiger charge is -2.49. The summed E-state index contributed by atoms with van der Waals surface area (Å²) in [5.74, 6) is -1.72. The van der Waals surface area contributed by atoms with E-state index in [-0.39, 0.29) is 22.2 Å². The van der Waals surface area contributed by atoms with Crippen LogP contribution in [0.15, 0.2) is 178 Å². The van der Waals surface area contributed by atoms with E-state index >= 15 is 0 Å². The first-order valence-electron chi connectivity index (χ1n) is 22.6. The Hall–Kier alpha value is -7.26. The van der Waals surface area contributed by atoms with Crippen LogP contribution in [0.1, 0.15) is 60.4 Å². The molecule has 2 N–H and O–H groups in total. The minimum absolute atomic E-state index is 0.0531. The SMILES string of the molecule is Cn1nnc(SCSC2=C(C(=O)OC(c3ccccc3)c3ccccc3)N3C(=O)[C@@H](NC(=O)/C(=N/OC(c4ccccc4)(c4ccccc4)c4ccccc4)c4csc(NC(=O)OC(C)(C)C)n4)[C@H]3SC2)n1. The number of carbonyl (C=O) groups excluding carboxylic acids is 4. The van der Waals surface area contributed by atoms with Crippen molar-refractivity contribution in [2.75, 3.05) is 16.2 Å². The quantitative estimate of drug-likeness (QED) is 0.0167. The summed E-state index contributed by atoms with van der Waals surface area (Å²) in [6.45, 7) is 5.22. The number of rotatable bonds is 17. The van der Waals surface area contributed by atoms with Gasteiger partial charge in [0.25, 0.3) is 11.8 Å². The Morgan fingerprint density at radius 2 is 1.36 bits per heavy atom. The molecule has 1 saturated heterocycles. The number of hydrogen-bond donors (Lipinski definition) is 2. The maximum Gasteiger partial charge on any atom is 0.413 e. The third kappa shape index (κ3) is 11.1. The van der Waals surface area contributed by atoms with Gasteiger partial charge < -0.3 is 19.6 Å². The second-order valence-electron chi connectivity index (χ2n) is 17.2. The molecule has 1 fully saturated rings. The smallest absolute Gasteiger partial charge is 0.413 e. The number of anilines is 1. The standard InChI is InChI=1S/C52H47N9O7S4/c1-51(2,3)67-50(65)55-48-53-38(30-70-48)40(58-68-52(35-24-14-7-15-25-35,36-26-16-8-17-27-36)37-28-18-9-19-29-37)44(62)54-41-45(63)61-42(39(31-69-46(41)61)71-32-72-49-56-59-60(4)57-49)47(64)66-43(33-20-10-5-11-21-33)34-22-12-6-13-23-34/h5-30,41,43,46H,31-32H2,1-4H3,(H,54,62)(H,53,55,65)/b58-40+/t41-,46-/m1/s1. The summed E-state index contributed by atoms with van der Waals surface area (Å²) in [5.41, 5.74) is 1.31. The molecule has 0 bridgehead atoms. The number of thiazole rings is 1. The first-order valence-corrected chi connectivity index (χ1v) is 26.5. The number of fused-ring (bicyclic) bond motifs is 1. The van der Waals surface area contributed by atoms with Gasteiger partial charge in [-0.3, -0.25) is 19.8 Å². The molecular formula is C52H47N9O7S4. The largest absolute Gasteiger partial charge is 0.448 e. The highest BCUT2D eigenvalue weighted by atomic mass is 32.2. The number of thioether (sulfide) groups is 3. The Labute approximate surface area is 432 Å². The first-order chi connectivity index (χ1) is 34.9. The highest BCUT2D eigenvalue weighted by Gasteiger charge is 2.55. The van der Waals surface area contributed by atoms with Crippen LogP contribution in [0.4, 0.5) is 9.93 Å². The number of ether oxygens (including phenoxy) is 2. The Morgan fingerprint density at radius 3 is 1.89 bits per heavy atom. The number of oxime groups is 1. The fourth-order valence-corrected chi connectivity index (χ4v) is 12.2. The van der Waals surface area contributed by atoms with Gasteiger partial charge in [-0.05, 0) is 37.1 Å². The van der Waals surface area contributed by atoms with Crippen LogP contribution in [0.5, 0.6) is 0 Å². The molecule has 0 aliphatic carbocycles. The van der Waals surface area contributed by atoms with Gasteiger partial charge in [-0.2, -0.15) is 4.80 Å². The van der Waals surface area contributed by atoms with Crippen LogP contribution in [0.3, 0.4) is 0 Å². The number of amides is 3. The van der Waals surface area contributed by atoms with Gasteiger partial charge in [-0.1, -0.05) is 169 Å². The molecule has 72 heavy (non-hydrogen) atoms. The molecule has 0 radical (unpaired) electrons. The second kappa shape index (κ2) is 22.0. The van der Waals surface area contributed by atoms with Crippen LogP contribution in [0.25, 0.3) is 0 Å². The molecular weight excluding hydrogens is 991 g/mol. The summed E-state index contributed by atoms with van der Waals surface area (Å²) >= 11 is 5.15. The van der Waals surface area contributed by atoms with E-state index in [1.54, 1.807) is 33.2 Å². The van der Waals surface area contributed by atoms with Crippen LogP contribution in [0.2, 0.25) is 0 Å². The van der Waals surface area contributed by atoms with Gasteiger partial charge in [-0.25, -0.2) is 14.6 Å². The van der Waals surface area contributed by atoms with Crippen molar-refractivity contribution in [2.24, 2.45) is 12.2 Å². The van der Waals surface area contributed by atoms with Gasteiger partial charge in [-0.15, -0.1) is 45.1 Å². The molecule has 20 heteroatoms. The molecule has 9 rings (SSSR count). The number of esters is 1. The molecule has 2 atom stereocenters. The van der Waals surface area contributed by atoms with Crippen LogP contribution >= 0.6 is 46.6 Å². The lowest BCUT2D eigenvalue weighted by atomic mass is 9.80. The number of nitrogens with zero attached hydrogens (tertiary/aromatic N) is 7. The van der Waals surface area contributed by atoms with Crippen molar-refractivity contribution in [3.05, 3.63) is 201 Å². The van der Waals surface area contributed by atoms with E-state index in [1.807, 2.05) is 152 Å². The third-order valence-corrected chi connectivity index (χ3v) is 15.4. The summed E-state index contributed by atoms with van der Waals surface area (Å²) in [7, 11) is 1.67. The second-order valence-corrected chi connectivity index (χ2v) is 21.5. The molecule has 4 heterocycles. The van der Waals surface area contributed by atoms with Crippen molar-refractivity contribution in [3.63, 3.8) is 0 Å². The Morgan fingerprint density at radius 1 is 0.806 bits per heavy atom. The molecule has 0 unspecified atom stereocenters. The van der Waals surface area contributed by atoms with Crippen molar-refractivity contribution >= 4 is 81.3 Å². The van der Waals surface area contributed by atoms with Crippen LogP contribution in [-0.2, 0) is 41.3 Å². The lowest BCUT2D eigenvalue weighted by molar-refractivity contribution is -0.154. The van der Waals surface area contributed by atoms with E-state index < -0.39 is 52.6 Å². The third-order valence-electron chi connectivity index (χ3n) is 11.1.